The molecule has 2 aromatic carbocycles. The van der Waals surface area contributed by atoms with Crippen LogP contribution in [0.1, 0.15) is 6.92 Å². The molecule has 1 N–H and O–H groups in total. The molecule has 3 rings (SSSR count). The average molecular weight is 291 g/mol. The lowest BCUT2D eigenvalue weighted by atomic mass is 10.1. The number of nitrogens with one attached hydrogen (secondary N) is 1. The molecule has 4 nitrogen and oxygen atoms in total. The van der Waals surface area contributed by atoms with Crippen molar-refractivity contribution >= 4 is 11.5 Å². The number of nitrogens with zero attached hydrogens (tertiary/aromatic N) is 2. The summed E-state index contributed by atoms with van der Waals surface area (Å²) in [6.45, 7) is 2.64. The monoisotopic (exact) mass is 291 g/mol. The Bertz CT molecular complexity index is 727. The lowest BCUT2D eigenvalue weighted by Crippen LogP contribution is -1.96. The second kappa shape index (κ2) is 6.72. The first-order chi connectivity index (χ1) is 10.8. The summed E-state index contributed by atoms with van der Waals surface area (Å²) in [6, 6.07) is 19.8. The van der Waals surface area contributed by atoms with Crippen molar-refractivity contribution in [2.24, 2.45) is 0 Å². The first-order valence-corrected chi connectivity index (χ1v) is 7.22. The molecule has 0 aliphatic rings. The molecule has 110 valence electrons. The van der Waals surface area contributed by atoms with E-state index in [4.69, 9.17) is 4.74 Å². The van der Waals surface area contributed by atoms with E-state index in [1.54, 1.807) is 6.33 Å². The molecule has 3 aromatic rings. The van der Waals surface area contributed by atoms with Crippen LogP contribution in [0.4, 0.5) is 11.5 Å². The third-order valence-corrected chi connectivity index (χ3v) is 3.17. The highest BCUT2D eigenvalue weighted by Gasteiger charge is 2.02. The van der Waals surface area contributed by atoms with E-state index in [0.717, 1.165) is 28.5 Å². The fourth-order valence-corrected chi connectivity index (χ4v) is 2.14. The molecule has 1 aromatic heterocycles. The normalized spacial score (nSPS) is 10.2. The van der Waals surface area contributed by atoms with Crippen LogP contribution in [0.15, 0.2) is 67.0 Å². The van der Waals surface area contributed by atoms with Gasteiger partial charge in [0.25, 0.3) is 0 Å². The van der Waals surface area contributed by atoms with Crippen molar-refractivity contribution in [3.8, 4) is 17.0 Å². The Labute approximate surface area is 129 Å². The predicted octanol–water partition coefficient (Wildman–Crippen LogP) is 4.29. The molecule has 0 bridgehead atoms. The standard InChI is InChI=1S/C18H17N3O/c1-2-22-16-10-8-15(9-11-16)21-18-12-17(19-13-20-18)14-6-4-3-5-7-14/h3-13H,2H2,1H3,(H,19,20,21). The van der Waals surface area contributed by atoms with Crippen molar-refractivity contribution in [3.05, 3.63) is 67.0 Å². The summed E-state index contributed by atoms with van der Waals surface area (Å²) in [5, 5.41) is 3.28. The SMILES string of the molecule is CCOc1ccc(Nc2cc(-c3ccccc3)ncn2)cc1. The topological polar surface area (TPSA) is 47.0 Å². The highest BCUT2D eigenvalue weighted by molar-refractivity contribution is 5.65. The zero-order chi connectivity index (χ0) is 15.2. The predicted molar refractivity (Wildman–Crippen MR) is 88.4 cm³/mol. The fourth-order valence-electron chi connectivity index (χ4n) is 2.14. The van der Waals surface area contributed by atoms with Crippen molar-refractivity contribution in [2.75, 3.05) is 11.9 Å². The summed E-state index contributed by atoms with van der Waals surface area (Å²) in [4.78, 5) is 8.58. The van der Waals surface area contributed by atoms with Gasteiger partial charge in [0.15, 0.2) is 0 Å². The van der Waals surface area contributed by atoms with Crippen molar-refractivity contribution in [2.45, 2.75) is 6.92 Å². The molecule has 1 heterocycles. The molecule has 4 heteroatoms. The Morgan fingerprint density at radius 3 is 2.45 bits per heavy atom. The number of ether oxygens (including phenoxy) is 1. The molecule has 0 saturated carbocycles. The van der Waals surface area contributed by atoms with Crippen LogP contribution in [-0.2, 0) is 0 Å². The Kier molecular flexibility index (Phi) is 4.30. The van der Waals surface area contributed by atoms with Gasteiger partial charge in [-0.1, -0.05) is 30.3 Å². The van der Waals surface area contributed by atoms with Crippen molar-refractivity contribution < 1.29 is 4.74 Å². The molecule has 0 radical (unpaired) electrons. The van der Waals surface area contributed by atoms with Gasteiger partial charge >= 0.3 is 0 Å². The van der Waals surface area contributed by atoms with Gasteiger partial charge in [-0.2, -0.15) is 0 Å². The van der Waals surface area contributed by atoms with Crippen LogP contribution in [0.25, 0.3) is 11.3 Å². The van der Waals surface area contributed by atoms with E-state index in [2.05, 4.69) is 15.3 Å². The van der Waals surface area contributed by atoms with Crippen molar-refractivity contribution in [1.82, 2.24) is 9.97 Å². The zero-order valence-electron chi connectivity index (χ0n) is 12.4. The van der Waals surface area contributed by atoms with Crippen LogP contribution in [0.3, 0.4) is 0 Å². The van der Waals surface area contributed by atoms with Gasteiger partial charge in [0.1, 0.15) is 17.9 Å². The van der Waals surface area contributed by atoms with E-state index < -0.39 is 0 Å². The summed E-state index contributed by atoms with van der Waals surface area (Å²) >= 11 is 0. The van der Waals surface area contributed by atoms with Crippen molar-refractivity contribution in [1.29, 1.82) is 0 Å². The van der Waals surface area contributed by atoms with Crippen molar-refractivity contribution in [3.63, 3.8) is 0 Å². The molecular formula is C18H17N3O. The molecule has 0 amide bonds. The third kappa shape index (κ3) is 3.41. The van der Waals surface area contributed by atoms with Gasteiger partial charge in [0.05, 0.1) is 12.3 Å². The summed E-state index contributed by atoms with van der Waals surface area (Å²) < 4.78 is 5.43. The number of benzene rings is 2. The van der Waals surface area contributed by atoms with E-state index in [1.165, 1.54) is 0 Å². The lowest BCUT2D eigenvalue weighted by Gasteiger charge is -2.08. The van der Waals surface area contributed by atoms with Crippen LogP contribution in [0.5, 0.6) is 5.75 Å². The number of aromatic nitrogens is 2. The number of rotatable bonds is 5. The fraction of sp³-hybridized carbons (Fsp3) is 0.111. The second-order valence-electron chi connectivity index (χ2n) is 4.74. The van der Waals surface area contributed by atoms with E-state index in [9.17, 15) is 0 Å². The van der Waals surface area contributed by atoms with Gasteiger partial charge in [0.2, 0.25) is 0 Å². The van der Waals surface area contributed by atoms with Crippen LogP contribution in [0.2, 0.25) is 0 Å². The summed E-state index contributed by atoms with van der Waals surface area (Å²) in [5.41, 5.74) is 2.92. The molecule has 0 unspecified atom stereocenters. The molecule has 0 fully saturated rings. The maximum Gasteiger partial charge on any atom is 0.134 e. The summed E-state index contributed by atoms with van der Waals surface area (Å²) in [6.07, 6.45) is 1.57. The van der Waals surface area contributed by atoms with Gasteiger partial charge in [0, 0.05) is 17.3 Å². The molecule has 22 heavy (non-hydrogen) atoms. The maximum absolute atomic E-state index is 5.43. The largest absolute Gasteiger partial charge is 0.494 e. The summed E-state index contributed by atoms with van der Waals surface area (Å²) in [7, 11) is 0. The Morgan fingerprint density at radius 2 is 1.73 bits per heavy atom. The quantitative estimate of drug-likeness (QED) is 0.762. The molecule has 0 aliphatic carbocycles. The van der Waals surface area contributed by atoms with Crippen LogP contribution < -0.4 is 10.1 Å². The number of hydrogen-bond donors (Lipinski definition) is 1. The minimum Gasteiger partial charge on any atom is -0.494 e. The second-order valence-corrected chi connectivity index (χ2v) is 4.74. The Morgan fingerprint density at radius 1 is 0.955 bits per heavy atom. The molecule has 0 atom stereocenters. The number of anilines is 2. The first-order valence-electron chi connectivity index (χ1n) is 7.22. The average Bonchev–Trinajstić information content (AvgIpc) is 2.58. The van der Waals surface area contributed by atoms with Gasteiger partial charge in [-0.3, -0.25) is 0 Å². The maximum atomic E-state index is 5.43. The smallest absolute Gasteiger partial charge is 0.134 e. The molecule has 0 aliphatic heterocycles. The highest BCUT2D eigenvalue weighted by Crippen LogP contribution is 2.22. The van der Waals surface area contributed by atoms with E-state index in [1.807, 2.05) is 67.6 Å². The Balaban J connectivity index is 1.78. The van der Waals surface area contributed by atoms with E-state index >= 15 is 0 Å². The zero-order valence-corrected chi connectivity index (χ0v) is 12.4. The highest BCUT2D eigenvalue weighted by atomic mass is 16.5. The van der Waals surface area contributed by atoms with E-state index in [-0.39, 0.29) is 0 Å². The van der Waals surface area contributed by atoms with Crippen LogP contribution >= 0.6 is 0 Å². The minimum atomic E-state index is 0.666. The summed E-state index contributed by atoms with van der Waals surface area (Å²) in [5.74, 6) is 1.62. The number of hydrogen-bond acceptors (Lipinski definition) is 4. The van der Waals surface area contributed by atoms with Gasteiger partial charge in [-0.05, 0) is 31.2 Å². The van der Waals surface area contributed by atoms with Crippen LogP contribution in [-0.4, -0.2) is 16.6 Å². The van der Waals surface area contributed by atoms with Gasteiger partial charge in [-0.15, -0.1) is 0 Å². The Hall–Kier alpha value is -2.88. The molecular weight excluding hydrogens is 274 g/mol. The molecule has 0 saturated heterocycles. The lowest BCUT2D eigenvalue weighted by molar-refractivity contribution is 0.340. The van der Waals surface area contributed by atoms with Gasteiger partial charge in [-0.25, -0.2) is 9.97 Å². The molecule has 0 spiro atoms. The minimum absolute atomic E-state index is 0.666. The van der Waals surface area contributed by atoms with Gasteiger partial charge < -0.3 is 10.1 Å². The van der Waals surface area contributed by atoms with E-state index in [0.29, 0.717) is 6.61 Å². The first kappa shape index (κ1) is 14.1. The third-order valence-electron chi connectivity index (χ3n) is 3.17. The van der Waals surface area contributed by atoms with Crippen LogP contribution in [0, 0.1) is 0 Å².